The van der Waals surface area contributed by atoms with Crippen molar-refractivity contribution in [2.24, 2.45) is 17.3 Å². The van der Waals surface area contributed by atoms with Gasteiger partial charge in [-0.25, -0.2) is 0 Å². The molecule has 3 heteroatoms. The molecule has 0 spiro atoms. The molecule has 1 fully saturated rings. The molecule has 0 aromatic carbocycles. The summed E-state index contributed by atoms with van der Waals surface area (Å²) < 4.78 is 0. The number of likely N-dealkylation sites (N-methyl/N-ethyl adjacent to an activating group) is 1. The Balaban J connectivity index is 2.86. The van der Waals surface area contributed by atoms with Crippen molar-refractivity contribution in [1.29, 1.82) is 0 Å². The first-order chi connectivity index (χ1) is 9.14. The third-order valence-corrected chi connectivity index (χ3v) is 4.26. The Morgan fingerprint density at radius 2 is 1.65 bits per heavy atom. The predicted molar refractivity (Wildman–Crippen MR) is 82.4 cm³/mol. The third-order valence-electron chi connectivity index (χ3n) is 4.26. The number of hydrogen-bond acceptors (Lipinski definition) is 2. The van der Waals surface area contributed by atoms with E-state index in [-0.39, 0.29) is 23.7 Å². The number of Topliss-reactive ketones (excluding diaryl/α,β-unsaturated/α-hetero) is 1. The van der Waals surface area contributed by atoms with Gasteiger partial charge in [0, 0.05) is 18.4 Å². The maximum absolute atomic E-state index is 12.7. The van der Waals surface area contributed by atoms with Crippen molar-refractivity contribution in [3.05, 3.63) is 0 Å². The van der Waals surface area contributed by atoms with Crippen LogP contribution in [0.4, 0.5) is 0 Å². The lowest BCUT2D eigenvalue weighted by atomic mass is 9.82. The smallest absolute Gasteiger partial charge is 0.226 e. The molecule has 0 aliphatic heterocycles. The van der Waals surface area contributed by atoms with Crippen LogP contribution in [0.1, 0.15) is 66.7 Å². The summed E-state index contributed by atoms with van der Waals surface area (Å²) >= 11 is 0. The maximum atomic E-state index is 12.7. The van der Waals surface area contributed by atoms with Gasteiger partial charge < -0.3 is 4.90 Å². The van der Waals surface area contributed by atoms with Gasteiger partial charge in [-0.1, -0.05) is 47.5 Å². The van der Waals surface area contributed by atoms with Crippen molar-refractivity contribution in [3.63, 3.8) is 0 Å². The van der Waals surface area contributed by atoms with E-state index in [0.29, 0.717) is 5.92 Å². The lowest BCUT2D eigenvalue weighted by Crippen LogP contribution is -2.48. The Morgan fingerprint density at radius 3 is 2.05 bits per heavy atom. The minimum atomic E-state index is -0.399. The van der Waals surface area contributed by atoms with Gasteiger partial charge in [0.25, 0.3) is 0 Å². The summed E-state index contributed by atoms with van der Waals surface area (Å²) in [6.07, 6.45) is 5.02. The Hall–Kier alpha value is -0.860. The summed E-state index contributed by atoms with van der Waals surface area (Å²) in [5, 5.41) is 0. The van der Waals surface area contributed by atoms with Crippen LogP contribution in [0.5, 0.6) is 0 Å². The van der Waals surface area contributed by atoms with E-state index in [1.54, 1.807) is 4.90 Å². The number of ketones is 1. The van der Waals surface area contributed by atoms with Crippen molar-refractivity contribution in [1.82, 2.24) is 4.90 Å². The first-order valence-electron chi connectivity index (χ1n) is 7.95. The summed E-state index contributed by atoms with van der Waals surface area (Å²) in [4.78, 5) is 27.0. The largest absolute Gasteiger partial charge is 0.335 e. The van der Waals surface area contributed by atoms with Gasteiger partial charge in [0.15, 0.2) is 5.78 Å². The second-order valence-electron chi connectivity index (χ2n) is 7.69. The average molecular weight is 281 g/mol. The maximum Gasteiger partial charge on any atom is 0.226 e. The molecule has 1 aliphatic rings. The number of hydrogen-bond donors (Lipinski definition) is 0. The van der Waals surface area contributed by atoms with E-state index < -0.39 is 5.41 Å². The quantitative estimate of drug-likeness (QED) is 0.771. The molecule has 0 N–H and O–H groups in total. The molecule has 1 saturated carbocycles. The Bertz CT molecular complexity index is 348. The lowest BCUT2D eigenvalue weighted by Gasteiger charge is -2.34. The second-order valence-corrected chi connectivity index (χ2v) is 7.69. The van der Waals surface area contributed by atoms with E-state index in [1.165, 1.54) is 0 Å². The Morgan fingerprint density at radius 1 is 1.15 bits per heavy atom. The second kappa shape index (κ2) is 6.73. The van der Waals surface area contributed by atoms with Crippen molar-refractivity contribution in [3.8, 4) is 0 Å². The van der Waals surface area contributed by atoms with Gasteiger partial charge in [0.1, 0.15) is 0 Å². The minimum absolute atomic E-state index is 0.141. The molecular weight excluding hydrogens is 250 g/mol. The summed E-state index contributed by atoms with van der Waals surface area (Å²) in [5.41, 5.74) is -0.399. The molecule has 3 nitrogen and oxygen atoms in total. The minimum Gasteiger partial charge on any atom is -0.335 e. The topological polar surface area (TPSA) is 37.4 Å². The highest BCUT2D eigenvalue weighted by atomic mass is 16.2. The van der Waals surface area contributed by atoms with Crippen molar-refractivity contribution >= 4 is 11.7 Å². The SMILES string of the molecule is CC(C)C[C@@H](C(=O)C(C)(C)C)N(C)C(=O)C1CCCC1. The fourth-order valence-electron chi connectivity index (χ4n) is 3.00. The molecular formula is C17H31NO2. The summed E-state index contributed by atoms with van der Waals surface area (Å²) in [7, 11) is 1.82. The zero-order valence-corrected chi connectivity index (χ0v) is 14.0. The molecule has 0 radical (unpaired) electrons. The first-order valence-corrected chi connectivity index (χ1v) is 7.95. The fourth-order valence-corrected chi connectivity index (χ4v) is 3.00. The summed E-state index contributed by atoms with van der Waals surface area (Å²) in [6.45, 7) is 10.0. The summed E-state index contributed by atoms with van der Waals surface area (Å²) in [5.74, 6) is 0.901. The van der Waals surface area contributed by atoms with E-state index in [9.17, 15) is 9.59 Å². The number of rotatable bonds is 5. The fraction of sp³-hybridized carbons (Fsp3) is 0.882. The van der Waals surface area contributed by atoms with Crippen LogP contribution in [0.15, 0.2) is 0 Å². The standard InChI is InChI=1S/C17H31NO2/c1-12(2)11-14(15(19)17(3,4)5)18(6)16(20)13-9-7-8-10-13/h12-14H,7-11H2,1-6H3/t14-/m0/s1. The van der Waals surface area contributed by atoms with Gasteiger partial charge in [-0.05, 0) is 25.2 Å². The van der Waals surface area contributed by atoms with Crippen LogP contribution >= 0.6 is 0 Å². The zero-order chi connectivity index (χ0) is 15.5. The van der Waals surface area contributed by atoms with E-state index in [4.69, 9.17) is 0 Å². The Kier molecular flexibility index (Phi) is 5.79. The van der Waals surface area contributed by atoms with Crippen LogP contribution in [-0.4, -0.2) is 29.7 Å². The van der Waals surface area contributed by atoms with Gasteiger partial charge in [-0.2, -0.15) is 0 Å². The molecule has 0 unspecified atom stereocenters. The highest BCUT2D eigenvalue weighted by molar-refractivity contribution is 5.92. The van der Waals surface area contributed by atoms with Crippen LogP contribution in [0.2, 0.25) is 0 Å². The lowest BCUT2D eigenvalue weighted by molar-refractivity contribution is -0.144. The van der Waals surface area contributed by atoms with Crippen molar-refractivity contribution in [2.45, 2.75) is 72.8 Å². The molecule has 1 aliphatic carbocycles. The monoisotopic (exact) mass is 281 g/mol. The molecule has 0 aromatic heterocycles. The van der Waals surface area contributed by atoms with Gasteiger partial charge in [0.2, 0.25) is 5.91 Å². The zero-order valence-electron chi connectivity index (χ0n) is 14.0. The van der Waals surface area contributed by atoms with Crippen molar-refractivity contribution < 1.29 is 9.59 Å². The number of carbonyl (C=O) groups excluding carboxylic acids is 2. The average Bonchev–Trinajstić information content (AvgIpc) is 2.85. The molecule has 1 rings (SSSR count). The molecule has 116 valence electrons. The van der Waals surface area contributed by atoms with E-state index in [1.807, 2.05) is 27.8 Å². The van der Waals surface area contributed by atoms with Crippen LogP contribution in [0, 0.1) is 17.3 Å². The first kappa shape index (κ1) is 17.2. The van der Waals surface area contributed by atoms with Crippen molar-refractivity contribution in [2.75, 3.05) is 7.05 Å². The number of nitrogens with zero attached hydrogens (tertiary/aromatic N) is 1. The van der Waals surface area contributed by atoms with Gasteiger partial charge >= 0.3 is 0 Å². The Labute approximate surface area is 124 Å². The predicted octanol–water partition coefficient (Wildman–Crippen LogP) is 3.66. The third kappa shape index (κ3) is 4.32. The molecule has 0 aromatic rings. The summed E-state index contributed by atoms with van der Waals surface area (Å²) in [6, 6.07) is -0.275. The number of carbonyl (C=O) groups is 2. The van der Waals surface area contributed by atoms with E-state index >= 15 is 0 Å². The molecule has 0 heterocycles. The molecule has 1 amide bonds. The normalized spacial score (nSPS) is 18.4. The van der Waals surface area contributed by atoms with E-state index in [2.05, 4.69) is 13.8 Å². The van der Waals surface area contributed by atoms with Crippen LogP contribution in [0.25, 0.3) is 0 Å². The van der Waals surface area contributed by atoms with Gasteiger partial charge in [-0.15, -0.1) is 0 Å². The molecule has 0 bridgehead atoms. The highest BCUT2D eigenvalue weighted by Crippen LogP contribution is 2.29. The van der Waals surface area contributed by atoms with Gasteiger partial charge in [-0.3, -0.25) is 9.59 Å². The molecule has 20 heavy (non-hydrogen) atoms. The van der Waals surface area contributed by atoms with Crippen LogP contribution < -0.4 is 0 Å². The molecule has 0 saturated heterocycles. The highest BCUT2D eigenvalue weighted by Gasteiger charge is 2.37. The van der Waals surface area contributed by atoms with Gasteiger partial charge in [0.05, 0.1) is 6.04 Å². The molecule has 1 atom stereocenters. The van der Waals surface area contributed by atoms with Crippen LogP contribution in [0.3, 0.4) is 0 Å². The number of amides is 1. The van der Waals surface area contributed by atoms with Crippen LogP contribution in [-0.2, 0) is 9.59 Å². The van der Waals surface area contributed by atoms with E-state index in [0.717, 1.165) is 32.1 Å².